The standard InChI is InChI=1S/C26H29N3O4/c1-16(31)29-23-20(21(15-30)24(29)25(32)27-18-10-6-3-7-11-18)14-28-22(23)13-12-19(26(28)33)17-8-4-2-5-9-17/h3,6-8,10-13,20-21,23-24,30H,2,4-5,9,14-15H2,1H3,(H,27,32)/t20-,21-,23+,24-/m0/s1. The summed E-state index contributed by atoms with van der Waals surface area (Å²) in [7, 11) is 0. The number of pyridine rings is 1. The third-order valence-electron chi connectivity index (χ3n) is 7.39. The van der Waals surface area contributed by atoms with E-state index in [9.17, 15) is 19.5 Å². The molecule has 0 radical (unpaired) electrons. The van der Waals surface area contributed by atoms with E-state index in [-0.39, 0.29) is 29.9 Å². The van der Waals surface area contributed by atoms with Crippen molar-refractivity contribution in [1.29, 1.82) is 0 Å². The van der Waals surface area contributed by atoms with Gasteiger partial charge < -0.3 is 19.9 Å². The van der Waals surface area contributed by atoms with Crippen molar-refractivity contribution in [1.82, 2.24) is 9.47 Å². The van der Waals surface area contributed by atoms with E-state index in [2.05, 4.69) is 11.4 Å². The molecule has 33 heavy (non-hydrogen) atoms. The quantitative estimate of drug-likeness (QED) is 0.754. The first-order chi connectivity index (χ1) is 16.0. The number of aliphatic hydroxyl groups is 1. The molecule has 0 spiro atoms. The van der Waals surface area contributed by atoms with Crippen molar-refractivity contribution in [2.24, 2.45) is 11.8 Å². The summed E-state index contributed by atoms with van der Waals surface area (Å²) in [6.07, 6.45) is 6.29. The van der Waals surface area contributed by atoms with Gasteiger partial charge in [-0.15, -0.1) is 0 Å². The lowest BCUT2D eigenvalue weighted by atomic mass is 9.88. The molecule has 4 atom stereocenters. The number of nitrogens with one attached hydrogen (secondary N) is 1. The molecule has 7 heteroatoms. The maximum absolute atomic E-state index is 13.4. The number of hydrogen-bond donors (Lipinski definition) is 2. The first-order valence-electron chi connectivity index (χ1n) is 11.7. The molecule has 2 amide bonds. The number of fused-ring (bicyclic) bond motifs is 3. The van der Waals surface area contributed by atoms with E-state index in [1.165, 1.54) is 6.92 Å². The van der Waals surface area contributed by atoms with E-state index in [1.807, 2.05) is 30.3 Å². The Kier molecular flexibility index (Phi) is 5.66. The minimum Gasteiger partial charge on any atom is -0.396 e. The van der Waals surface area contributed by atoms with Crippen LogP contribution in [0.5, 0.6) is 0 Å². The molecular formula is C26H29N3O4. The summed E-state index contributed by atoms with van der Waals surface area (Å²) in [5, 5.41) is 13.2. The maximum Gasteiger partial charge on any atom is 0.258 e. The zero-order valence-electron chi connectivity index (χ0n) is 18.7. The molecule has 2 N–H and O–H groups in total. The van der Waals surface area contributed by atoms with Crippen molar-refractivity contribution in [2.45, 2.75) is 51.2 Å². The molecule has 3 aliphatic rings. The fourth-order valence-corrected chi connectivity index (χ4v) is 5.91. The first kappa shape index (κ1) is 21.6. The molecule has 3 heterocycles. The van der Waals surface area contributed by atoms with Crippen molar-refractivity contribution < 1.29 is 14.7 Å². The van der Waals surface area contributed by atoms with E-state index in [0.717, 1.165) is 42.5 Å². The molecule has 2 aliphatic heterocycles. The largest absolute Gasteiger partial charge is 0.396 e. The van der Waals surface area contributed by atoms with Crippen LogP contribution in [0, 0.1) is 11.8 Å². The second-order valence-corrected chi connectivity index (χ2v) is 9.24. The van der Waals surface area contributed by atoms with Crippen LogP contribution < -0.4 is 10.9 Å². The monoisotopic (exact) mass is 447 g/mol. The maximum atomic E-state index is 13.4. The normalized spacial score (nSPS) is 25.9. The highest BCUT2D eigenvalue weighted by molar-refractivity contribution is 5.98. The number of aromatic nitrogens is 1. The van der Waals surface area contributed by atoms with Crippen LogP contribution in [0.2, 0.25) is 0 Å². The van der Waals surface area contributed by atoms with Gasteiger partial charge in [0.2, 0.25) is 11.8 Å². The van der Waals surface area contributed by atoms with Crippen molar-refractivity contribution >= 4 is 23.1 Å². The topological polar surface area (TPSA) is 91.6 Å². The van der Waals surface area contributed by atoms with Gasteiger partial charge in [0.1, 0.15) is 6.04 Å². The van der Waals surface area contributed by atoms with Crippen molar-refractivity contribution in [3.8, 4) is 0 Å². The summed E-state index contributed by atoms with van der Waals surface area (Å²) in [6.45, 7) is 1.60. The van der Waals surface area contributed by atoms with Crippen LogP contribution >= 0.6 is 0 Å². The zero-order chi connectivity index (χ0) is 23.1. The summed E-state index contributed by atoms with van der Waals surface area (Å²) < 4.78 is 1.75. The molecular weight excluding hydrogens is 418 g/mol. The second kappa shape index (κ2) is 8.63. The van der Waals surface area contributed by atoms with E-state index in [1.54, 1.807) is 21.6 Å². The number of allylic oxidation sites excluding steroid dienone is 2. The van der Waals surface area contributed by atoms with Crippen LogP contribution in [-0.4, -0.2) is 39.0 Å². The molecule has 1 aliphatic carbocycles. The number of para-hydroxylation sites is 1. The number of carbonyl (C=O) groups excluding carboxylic acids is 2. The van der Waals surface area contributed by atoms with Gasteiger partial charge in [-0.3, -0.25) is 14.4 Å². The molecule has 0 bridgehead atoms. The fraction of sp³-hybridized carbons (Fsp3) is 0.423. The summed E-state index contributed by atoms with van der Waals surface area (Å²) in [5.41, 5.74) is 3.17. The number of nitrogens with zero attached hydrogens (tertiary/aromatic N) is 2. The number of benzene rings is 1. The Bertz CT molecular complexity index is 1170. The summed E-state index contributed by atoms with van der Waals surface area (Å²) in [5.74, 6) is -1.22. The fourth-order valence-electron chi connectivity index (χ4n) is 5.91. The molecule has 1 saturated heterocycles. The zero-order valence-corrected chi connectivity index (χ0v) is 18.7. The predicted molar refractivity (Wildman–Crippen MR) is 125 cm³/mol. The number of aliphatic hydroxyl groups excluding tert-OH is 1. The Morgan fingerprint density at radius 2 is 1.91 bits per heavy atom. The molecule has 172 valence electrons. The minimum absolute atomic E-state index is 0.0412. The van der Waals surface area contributed by atoms with Gasteiger partial charge in [-0.25, -0.2) is 0 Å². The van der Waals surface area contributed by atoms with Gasteiger partial charge >= 0.3 is 0 Å². The van der Waals surface area contributed by atoms with Gasteiger partial charge in [0, 0.05) is 48.9 Å². The van der Waals surface area contributed by atoms with Crippen molar-refractivity contribution in [2.75, 3.05) is 11.9 Å². The van der Waals surface area contributed by atoms with E-state index in [0.29, 0.717) is 12.2 Å². The number of hydrogen-bond acceptors (Lipinski definition) is 4. The van der Waals surface area contributed by atoms with Crippen LogP contribution in [0.15, 0.2) is 53.3 Å². The number of anilines is 1. The lowest BCUT2D eigenvalue weighted by Gasteiger charge is -2.30. The third kappa shape index (κ3) is 3.60. The lowest BCUT2D eigenvalue weighted by Crippen LogP contribution is -2.47. The first-order valence-corrected chi connectivity index (χ1v) is 11.7. The molecule has 1 aromatic carbocycles. The van der Waals surface area contributed by atoms with Gasteiger partial charge in [0.25, 0.3) is 5.56 Å². The van der Waals surface area contributed by atoms with Crippen LogP contribution in [0.25, 0.3) is 5.57 Å². The van der Waals surface area contributed by atoms with Gasteiger partial charge in [0.15, 0.2) is 0 Å². The lowest BCUT2D eigenvalue weighted by molar-refractivity contribution is -0.138. The number of likely N-dealkylation sites (tertiary alicyclic amines) is 1. The molecule has 1 aromatic heterocycles. The van der Waals surface area contributed by atoms with E-state index in [4.69, 9.17) is 0 Å². The predicted octanol–water partition coefficient (Wildman–Crippen LogP) is 2.95. The van der Waals surface area contributed by atoms with E-state index >= 15 is 0 Å². The highest BCUT2D eigenvalue weighted by Crippen LogP contribution is 2.49. The molecule has 2 aromatic rings. The van der Waals surface area contributed by atoms with Gasteiger partial charge in [0.05, 0.1) is 6.04 Å². The summed E-state index contributed by atoms with van der Waals surface area (Å²) >= 11 is 0. The third-order valence-corrected chi connectivity index (χ3v) is 7.39. The highest BCUT2D eigenvalue weighted by atomic mass is 16.3. The van der Waals surface area contributed by atoms with Crippen LogP contribution in [0.1, 0.15) is 49.9 Å². The smallest absolute Gasteiger partial charge is 0.258 e. The van der Waals surface area contributed by atoms with Crippen molar-refractivity contribution in [3.63, 3.8) is 0 Å². The Hall–Kier alpha value is -3.19. The second-order valence-electron chi connectivity index (χ2n) is 9.24. The molecule has 7 nitrogen and oxygen atoms in total. The Balaban J connectivity index is 1.52. The van der Waals surface area contributed by atoms with Gasteiger partial charge in [-0.1, -0.05) is 24.3 Å². The van der Waals surface area contributed by atoms with Crippen LogP contribution in [0.3, 0.4) is 0 Å². The van der Waals surface area contributed by atoms with Gasteiger partial charge in [-0.05, 0) is 55.5 Å². The summed E-state index contributed by atoms with van der Waals surface area (Å²) in [6, 6.07) is 11.7. The molecule has 0 saturated carbocycles. The summed E-state index contributed by atoms with van der Waals surface area (Å²) in [4.78, 5) is 41.0. The molecule has 1 fully saturated rings. The minimum atomic E-state index is -0.799. The van der Waals surface area contributed by atoms with Gasteiger partial charge in [-0.2, -0.15) is 0 Å². The van der Waals surface area contributed by atoms with E-state index < -0.39 is 18.0 Å². The SMILES string of the molecule is CC(=O)N1[C@H](C(=O)Nc2ccccc2)[C@@H](CO)[C@@H]2Cn3c(ccc(C4=CCCCC4)c3=O)[C@@H]21. The molecule has 5 rings (SSSR count). The van der Waals surface area contributed by atoms with Crippen LogP contribution in [-0.2, 0) is 16.1 Å². The molecule has 0 unspecified atom stereocenters. The van der Waals surface area contributed by atoms with Crippen molar-refractivity contribution in [3.05, 3.63) is 70.2 Å². The average Bonchev–Trinajstić information content (AvgIpc) is 3.35. The highest BCUT2D eigenvalue weighted by Gasteiger charge is 2.56. The van der Waals surface area contributed by atoms with Crippen LogP contribution in [0.4, 0.5) is 5.69 Å². The Labute approximate surface area is 192 Å². The number of amides is 2. The number of rotatable bonds is 4. The Morgan fingerprint density at radius 1 is 1.12 bits per heavy atom. The number of carbonyl (C=O) groups is 2. The Morgan fingerprint density at radius 3 is 2.58 bits per heavy atom. The average molecular weight is 448 g/mol.